The lowest BCUT2D eigenvalue weighted by molar-refractivity contribution is -0.435. The zero-order chi connectivity index (χ0) is 37.9. The van der Waals surface area contributed by atoms with Gasteiger partial charge in [0.15, 0.2) is 12.3 Å². The zero-order valence-corrected chi connectivity index (χ0v) is 31.1. The summed E-state index contributed by atoms with van der Waals surface area (Å²) in [6, 6.07) is 33.6. The van der Waals surface area contributed by atoms with E-state index in [0.717, 1.165) is 55.1 Å². The predicted octanol–water partition coefficient (Wildman–Crippen LogP) is 9.71. The molecule has 2 aliphatic heterocycles. The molecule has 0 spiro atoms. The van der Waals surface area contributed by atoms with Crippen molar-refractivity contribution in [3.05, 3.63) is 144 Å². The second kappa shape index (κ2) is 13.0. The third-order valence-electron chi connectivity index (χ3n) is 11.4. The molecule has 0 atom stereocenters. The molecule has 4 N–H and O–H groups in total. The van der Waals surface area contributed by atoms with Gasteiger partial charge in [-0.15, -0.1) is 0 Å². The Labute approximate surface area is 314 Å². The molecule has 270 valence electrons. The van der Waals surface area contributed by atoms with Crippen molar-refractivity contribution in [2.75, 3.05) is 18.0 Å². The van der Waals surface area contributed by atoms with Crippen molar-refractivity contribution >= 4 is 72.1 Å². The van der Waals surface area contributed by atoms with Crippen LogP contribution in [0.15, 0.2) is 133 Å². The number of benzene rings is 6. The summed E-state index contributed by atoms with van der Waals surface area (Å²) in [6.45, 7) is 9.42. The molecule has 0 saturated carbocycles. The molecule has 7 heteroatoms. The number of aliphatic carboxylic acids is 2. The van der Waals surface area contributed by atoms with Gasteiger partial charge < -0.3 is 20.8 Å². The summed E-state index contributed by atoms with van der Waals surface area (Å²) in [4.78, 5) is 26.1. The number of fused-ring (bicyclic) bond motifs is 12. The van der Waals surface area contributed by atoms with E-state index < -0.39 is 22.8 Å². The van der Waals surface area contributed by atoms with E-state index in [1.165, 1.54) is 21.9 Å². The van der Waals surface area contributed by atoms with Gasteiger partial charge in [-0.05, 0) is 76.0 Å². The fraction of sp³-hybridized carbons (Fsp3) is 0.213. The lowest BCUT2D eigenvalue weighted by Crippen LogP contribution is -2.28. The fourth-order valence-electron chi connectivity index (χ4n) is 9.13. The van der Waals surface area contributed by atoms with Gasteiger partial charge >= 0.3 is 11.9 Å². The second-order valence-corrected chi connectivity index (χ2v) is 15.4. The summed E-state index contributed by atoms with van der Waals surface area (Å²) >= 11 is 0. The van der Waals surface area contributed by atoms with Crippen LogP contribution in [0.5, 0.6) is 0 Å². The standard InChI is InChI=1S/C47H43N3O4/c1-46(2)38(49(27-25-40(51)52)44-36-19-11-7-15-32(36)30-13-5-9-17-34(30)42(44)46)23-21-29(48)22-24-39-47(3,4)43-35-18-10-6-14-31(35)33-16-8-12-20-37(33)45(43)50(39)28-26-41(53)54/h5-24H,25-28,48H2,1-4H3,(H-,51,52,53,54)/p+1. The lowest BCUT2D eigenvalue weighted by atomic mass is 9.78. The zero-order valence-electron chi connectivity index (χ0n) is 31.1. The van der Waals surface area contributed by atoms with Crippen molar-refractivity contribution in [3.63, 3.8) is 0 Å². The topological polar surface area (TPSA) is 107 Å². The minimum Gasteiger partial charge on any atom is -0.481 e. The smallest absolute Gasteiger partial charge is 0.309 e. The van der Waals surface area contributed by atoms with E-state index in [4.69, 9.17) is 5.73 Å². The molecule has 0 aliphatic carbocycles. The van der Waals surface area contributed by atoms with E-state index in [1.54, 1.807) is 0 Å². The number of hydrogen-bond donors (Lipinski definition) is 3. The summed E-state index contributed by atoms with van der Waals surface area (Å²) in [5.41, 5.74) is 12.8. The largest absolute Gasteiger partial charge is 0.481 e. The Bertz CT molecular complexity index is 2700. The number of nitrogens with zero attached hydrogens (tertiary/aromatic N) is 2. The molecule has 0 unspecified atom stereocenters. The number of rotatable bonds is 9. The number of anilines is 1. The molecule has 8 rings (SSSR count). The molecule has 6 aromatic carbocycles. The quantitative estimate of drug-likeness (QED) is 0.0782. The fourth-order valence-corrected chi connectivity index (χ4v) is 9.13. The van der Waals surface area contributed by atoms with Crippen molar-refractivity contribution in [3.8, 4) is 0 Å². The van der Waals surface area contributed by atoms with Crippen molar-refractivity contribution < 1.29 is 24.4 Å². The highest BCUT2D eigenvalue weighted by atomic mass is 16.4. The number of nitrogens with two attached hydrogens (primary N) is 1. The minimum atomic E-state index is -0.853. The maximum atomic E-state index is 12.0. The summed E-state index contributed by atoms with van der Waals surface area (Å²) in [7, 11) is 0. The molecular weight excluding hydrogens is 671 g/mol. The lowest BCUT2D eigenvalue weighted by Gasteiger charge is -2.27. The van der Waals surface area contributed by atoms with Crippen LogP contribution in [0, 0.1) is 0 Å². The summed E-state index contributed by atoms with van der Waals surface area (Å²) in [6.07, 6.45) is 7.84. The number of carboxylic acids is 2. The van der Waals surface area contributed by atoms with E-state index in [1.807, 2.05) is 48.6 Å². The van der Waals surface area contributed by atoms with Crippen LogP contribution in [0.4, 0.5) is 11.4 Å². The highest BCUT2D eigenvalue weighted by Gasteiger charge is 2.47. The van der Waals surface area contributed by atoms with Crippen molar-refractivity contribution in [1.29, 1.82) is 0 Å². The Kier molecular flexibility index (Phi) is 8.41. The summed E-state index contributed by atoms with van der Waals surface area (Å²) < 4.78 is 2.17. The molecule has 6 aromatic rings. The SMILES string of the molecule is CC1(C)C(/C=C/C(N)=C/C=C2\N(CCC(=O)O)c3c(c4ccccc4c4ccccc34)C2(C)C)=[N+](CCC(=O)O)c2c1c1ccccc1c1ccccc21. The van der Waals surface area contributed by atoms with Gasteiger partial charge in [-0.25, -0.2) is 0 Å². The van der Waals surface area contributed by atoms with Crippen LogP contribution in [-0.4, -0.2) is 45.5 Å². The predicted molar refractivity (Wildman–Crippen MR) is 220 cm³/mol. The molecule has 0 amide bonds. The van der Waals surface area contributed by atoms with Gasteiger partial charge in [-0.2, -0.15) is 4.58 Å². The first-order valence-electron chi connectivity index (χ1n) is 18.5. The first kappa shape index (κ1) is 34.9. The Hall–Kier alpha value is -6.21. The van der Waals surface area contributed by atoms with Crippen molar-refractivity contribution in [2.24, 2.45) is 5.73 Å². The molecule has 0 radical (unpaired) electrons. The highest BCUT2D eigenvalue weighted by molar-refractivity contribution is 6.19. The van der Waals surface area contributed by atoms with E-state index >= 15 is 0 Å². The van der Waals surface area contributed by atoms with Crippen LogP contribution >= 0.6 is 0 Å². The Morgan fingerprint density at radius 2 is 1.15 bits per heavy atom. The van der Waals surface area contributed by atoms with E-state index in [9.17, 15) is 19.8 Å². The third kappa shape index (κ3) is 5.45. The Balaban J connectivity index is 1.26. The Morgan fingerprint density at radius 3 is 1.72 bits per heavy atom. The van der Waals surface area contributed by atoms with E-state index in [2.05, 4.69) is 110 Å². The number of carbonyl (C=O) groups is 2. The molecule has 0 aromatic heterocycles. The number of allylic oxidation sites excluding steroid dienone is 5. The van der Waals surface area contributed by atoms with Crippen LogP contribution in [-0.2, 0) is 20.4 Å². The molecular formula is C47H44N3O4+. The highest BCUT2D eigenvalue weighted by Crippen LogP contribution is 2.54. The van der Waals surface area contributed by atoms with Gasteiger partial charge in [0.1, 0.15) is 6.42 Å². The monoisotopic (exact) mass is 714 g/mol. The average Bonchev–Trinajstić information content (AvgIpc) is 3.53. The Morgan fingerprint density at radius 1 is 0.667 bits per heavy atom. The van der Waals surface area contributed by atoms with Gasteiger partial charge in [0.2, 0.25) is 5.69 Å². The maximum absolute atomic E-state index is 12.0. The van der Waals surface area contributed by atoms with Crippen molar-refractivity contribution in [1.82, 2.24) is 0 Å². The van der Waals surface area contributed by atoms with Gasteiger partial charge in [0, 0.05) is 40.4 Å². The summed E-state index contributed by atoms with van der Waals surface area (Å²) in [5, 5.41) is 28.7. The van der Waals surface area contributed by atoms with Gasteiger partial charge in [-0.1, -0.05) is 105 Å². The molecule has 2 heterocycles. The number of carboxylic acid groups (broad SMARTS) is 2. The van der Waals surface area contributed by atoms with Gasteiger partial charge in [-0.3, -0.25) is 9.59 Å². The van der Waals surface area contributed by atoms with Crippen molar-refractivity contribution in [2.45, 2.75) is 51.4 Å². The molecule has 54 heavy (non-hydrogen) atoms. The number of hydrogen-bond acceptors (Lipinski definition) is 4. The third-order valence-corrected chi connectivity index (χ3v) is 11.4. The van der Waals surface area contributed by atoms with Crippen LogP contribution in [0.25, 0.3) is 43.1 Å². The van der Waals surface area contributed by atoms with E-state index in [-0.39, 0.29) is 12.8 Å². The second-order valence-electron chi connectivity index (χ2n) is 15.4. The first-order valence-corrected chi connectivity index (χ1v) is 18.5. The molecule has 0 saturated heterocycles. The van der Waals surface area contributed by atoms with Gasteiger partial charge in [0.25, 0.3) is 0 Å². The first-order chi connectivity index (χ1) is 25.9. The molecule has 0 fully saturated rings. The van der Waals surface area contributed by atoms with Crippen LogP contribution in [0.2, 0.25) is 0 Å². The average molecular weight is 715 g/mol. The molecule has 7 nitrogen and oxygen atoms in total. The maximum Gasteiger partial charge on any atom is 0.309 e. The molecule has 2 aliphatic rings. The summed E-state index contributed by atoms with van der Waals surface area (Å²) in [5.74, 6) is -1.71. The van der Waals surface area contributed by atoms with Crippen LogP contribution in [0.1, 0.15) is 51.7 Å². The van der Waals surface area contributed by atoms with E-state index in [0.29, 0.717) is 18.8 Å². The normalized spacial score (nSPS) is 17.1. The van der Waals surface area contributed by atoms with Gasteiger partial charge in [0.05, 0.1) is 22.9 Å². The van der Waals surface area contributed by atoms with Crippen LogP contribution in [0.3, 0.4) is 0 Å². The molecule has 0 bridgehead atoms. The minimum absolute atomic E-state index is 0.0172. The van der Waals surface area contributed by atoms with Crippen LogP contribution < -0.4 is 10.6 Å².